The average Bonchev–Trinajstić information content (AvgIpc) is 2.97. The number of benzene rings is 1. The van der Waals surface area contributed by atoms with Crippen LogP contribution in [0.1, 0.15) is 32.3 Å². The molecule has 0 spiro atoms. The topological polar surface area (TPSA) is 78.9 Å². The fourth-order valence-corrected chi connectivity index (χ4v) is 3.76. The summed E-state index contributed by atoms with van der Waals surface area (Å²) in [5, 5.41) is 0. The minimum absolute atomic E-state index is 0.00734. The third kappa shape index (κ3) is 3.75. The number of rotatable bonds is 7. The third-order valence-corrected chi connectivity index (χ3v) is 5.05. The monoisotopic (exact) mass is 374 g/mol. The fourth-order valence-electron chi connectivity index (χ4n) is 3.76. The summed E-state index contributed by atoms with van der Waals surface area (Å²) < 4.78 is 15.4. The molecule has 1 aliphatic carbocycles. The van der Waals surface area contributed by atoms with Crippen LogP contribution in [0.2, 0.25) is 0 Å². The van der Waals surface area contributed by atoms with Gasteiger partial charge in [0.05, 0.1) is 25.7 Å². The minimum Gasteiger partial charge on any atom is -0.468 e. The van der Waals surface area contributed by atoms with Gasteiger partial charge in [0.1, 0.15) is 0 Å². The van der Waals surface area contributed by atoms with Gasteiger partial charge in [-0.15, -0.1) is 0 Å². The van der Waals surface area contributed by atoms with Gasteiger partial charge < -0.3 is 14.2 Å². The molecule has 2 rings (SSSR count). The largest absolute Gasteiger partial charge is 0.468 e. The molecule has 1 unspecified atom stereocenters. The molecule has 0 radical (unpaired) electrons. The molecule has 0 heterocycles. The summed E-state index contributed by atoms with van der Waals surface area (Å²) in [6.07, 6.45) is 0.185. The lowest BCUT2D eigenvalue weighted by Crippen LogP contribution is -2.43. The molecule has 1 fully saturated rings. The molecule has 0 bridgehead atoms. The maximum Gasteiger partial charge on any atom is 0.323 e. The zero-order chi connectivity index (χ0) is 20.1. The Morgan fingerprint density at radius 2 is 1.56 bits per heavy atom. The van der Waals surface area contributed by atoms with E-state index in [1.165, 1.54) is 7.11 Å². The quantitative estimate of drug-likeness (QED) is 0.316. The van der Waals surface area contributed by atoms with Crippen LogP contribution in [0.4, 0.5) is 0 Å². The second-order valence-corrected chi connectivity index (χ2v) is 6.72. The molecule has 1 aromatic rings. The molecule has 1 aliphatic rings. The predicted octanol–water partition coefficient (Wildman–Crippen LogP) is 2.85. The van der Waals surface area contributed by atoms with E-state index in [2.05, 4.69) is 6.58 Å². The number of methoxy groups -OCH3 is 1. The summed E-state index contributed by atoms with van der Waals surface area (Å²) in [6.45, 7) is 7.61. The first-order valence-corrected chi connectivity index (χ1v) is 9.01. The van der Waals surface area contributed by atoms with E-state index in [1.807, 2.05) is 30.3 Å². The Morgan fingerprint density at radius 1 is 1.00 bits per heavy atom. The smallest absolute Gasteiger partial charge is 0.323 e. The van der Waals surface area contributed by atoms with Gasteiger partial charge in [-0.3, -0.25) is 14.4 Å². The Kier molecular flexibility index (Phi) is 6.41. The summed E-state index contributed by atoms with van der Waals surface area (Å²) in [4.78, 5) is 38.3. The normalized spacial score (nSPS) is 20.8. The van der Waals surface area contributed by atoms with Gasteiger partial charge in [0.25, 0.3) is 0 Å². The van der Waals surface area contributed by atoms with Crippen LogP contribution in [0.25, 0.3) is 0 Å². The Labute approximate surface area is 159 Å². The van der Waals surface area contributed by atoms with Crippen molar-refractivity contribution in [3.05, 3.63) is 48.0 Å². The molecule has 0 aromatic heterocycles. The van der Waals surface area contributed by atoms with Crippen molar-refractivity contribution in [2.45, 2.75) is 33.1 Å². The molecule has 0 saturated heterocycles. The first-order chi connectivity index (χ1) is 12.9. The van der Waals surface area contributed by atoms with Crippen molar-refractivity contribution in [1.82, 2.24) is 0 Å². The van der Waals surface area contributed by atoms with Crippen LogP contribution in [0.3, 0.4) is 0 Å². The summed E-state index contributed by atoms with van der Waals surface area (Å²) in [5.74, 6) is -1.90. The minimum atomic E-state index is -1.59. The zero-order valence-corrected chi connectivity index (χ0v) is 16.1. The molecule has 0 amide bonds. The van der Waals surface area contributed by atoms with Crippen LogP contribution in [-0.2, 0) is 35.0 Å². The Bertz CT molecular complexity index is 705. The van der Waals surface area contributed by atoms with Crippen LogP contribution in [0, 0.1) is 10.8 Å². The van der Waals surface area contributed by atoms with Gasteiger partial charge in [0, 0.05) is 0 Å². The molecule has 1 aromatic carbocycles. The highest BCUT2D eigenvalue weighted by molar-refractivity contribution is 6.03. The summed E-state index contributed by atoms with van der Waals surface area (Å²) in [7, 11) is 1.29. The molecule has 0 aliphatic heterocycles. The first kappa shape index (κ1) is 20.7. The predicted molar refractivity (Wildman–Crippen MR) is 98.7 cm³/mol. The SMILES string of the molecule is C=C1CC(C(=O)OCC)(C(=O)OCC)CC1(Cc1ccccc1)C(=O)OC. The Morgan fingerprint density at radius 3 is 2.04 bits per heavy atom. The van der Waals surface area contributed by atoms with Crippen molar-refractivity contribution in [3.63, 3.8) is 0 Å². The maximum atomic E-state index is 12.8. The highest BCUT2D eigenvalue weighted by atomic mass is 16.6. The number of carbonyl (C=O) groups is 3. The molecular formula is C21H26O6. The van der Waals surface area contributed by atoms with Crippen LogP contribution in [0.5, 0.6) is 0 Å². The zero-order valence-electron chi connectivity index (χ0n) is 16.1. The van der Waals surface area contributed by atoms with Crippen LogP contribution >= 0.6 is 0 Å². The van der Waals surface area contributed by atoms with E-state index in [9.17, 15) is 14.4 Å². The lowest BCUT2D eigenvalue weighted by Gasteiger charge is -2.30. The number of hydrogen-bond acceptors (Lipinski definition) is 6. The molecule has 1 atom stereocenters. The molecule has 146 valence electrons. The van der Waals surface area contributed by atoms with Gasteiger partial charge in [0.15, 0.2) is 5.41 Å². The summed E-state index contributed by atoms with van der Waals surface area (Å²) in [5.41, 5.74) is -1.44. The maximum absolute atomic E-state index is 12.8. The third-order valence-electron chi connectivity index (χ3n) is 5.05. The second kappa shape index (κ2) is 8.37. The molecule has 6 nitrogen and oxygen atoms in total. The van der Waals surface area contributed by atoms with E-state index in [0.717, 1.165) is 5.56 Å². The van der Waals surface area contributed by atoms with Crippen LogP contribution in [0.15, 0.2) is 42.5 Å². The van der Waals surface area contributed by atoms with Gasteiger partial charge in [0.2, 0.25) is 0 Å². The van der Waals surface area contributed by atoms with Crippen molar-refractivity contribution in [2.75, 3.05) is 20.3 Å². The second-order valence-electron chi connectivity index (χ2n) is 6.72. The number of ether oxygens (including phenoxy) is 3. The highest BCUT2D eigenvalue weighted by Gasteiger charge is 2.64. The van der Waals surface area contributed by atoms with Crippen LogP contribution in [-0.4, -0.2) is 38.2 Å². The Balaban J connectivity index is 2.52. The molecule has 27 heavy (non-hydrogen) atoms. The van der Waals surface area contributed by atoms with Crippen molar-refractivity contribution < 1.29 is 28.6 Å². The summed E-state index contributed by atoms with van der Waals surface area (Å²) >= 11 is 0. The Hall–Kier alpha value is -2.63. The lowest BCUT2D eigenvalue weighted by atomic mass is 9.74. The van der Waals surface area contributed by atoms with E-state index >= 15 is 0 Å². The molecule has 6 heteroatoms. The highest BCUT2D eigenvalue weighted by Crippen LogP contribution is 2.56. The number of hydrogen-bond donors (Lipinski definition) is 0. The van der Waals surface area contributed by atoms with E-state index in [1.54, 1.807) is 13.8 Å². The van der Waals surface area contributed by atoms with Crippen molar-refractivity contribution >= 4 is 17.9 Å². The van der Waals surface area contributed by atoms with E-state index < -0.39 is 28.7 Å². The lowest BCUT2D eigenvalue weighted by molar-refractivity contribution is -0.173. The van der Waals surface area contributed by atoms with E-state index in [0.29, 0.717) is 5.57 Å². The van der Waals surface area contributed by atoms with Gasteiger partial charge in [-0.05, 0) is 38.7 Å². The van der Waals surface area contributed by atoms with Gasteiger partial charge in [-0.1, -0.05) is 42.5 Å². The standard InChI is InChI=1S/C21H26O6/c1-5-26-18(23)21(19(24)27-6-2)12-15(3)20(14-21,17(22)25-4)13-16-10-8-7-9-11-16/h7-11H,3,5-6,12-14H2,1-2,4H3. The fraction of sp³-hybridized carbons (Fsp3) is 0.476. The van der Waals surface area contributed by atoms with Crippen molar-refractivity contribution in [3.8, 4) is 0 Å². The molecule has 1 saturated carbocycles. The van der Waals surface area contributed by atoms with Gasteiger partial charge in [-0.25, -0.2) is 0 Å². The van der Waals surface area contributed by atoms with Crippen LogP contribution < -0.4 is 0 Å². The first-order valence-electron chi connectivity index (χ1n) is 9.01. The molecular weight excluding hydrogens is 348 g/mol. The average molecular weight is 374 g/mol. The van der Waals surface area contributed by atoms with Crippen molar-refractivity contribution in [1.29, 1.82) is 0 Å². The summed E-state index contributed by atoms with van der Waals surface area (Å²) in [6, 6.07) is 9.36. The van der Waals surface area contributed by atoms with Crippen molar-refractivity contribution in [2.24, 2.45) is 10.8 Å². The molecule has 0 N–H and O–H groups in total. The van der Waals surface area contributed by atoms with E-state index in [4.69, 9.17) is 14.2 Å². The van der Waals surface area contributed by atoms with E-state index in [-0.39, 0.29) is 32.5 Å². The van der Waals surface area contributed by atoms with Gasteiger partial charge >= 0.3 is 17.9 Å². The number of carbonyl (C=O) groups excluding carboxylic acids is 3. The van der Waals surface area contributed by atoms with Gasteiger partial charge in [-0.2, -0.15) is 0 Å². The number of esters is 3.